The second-order valence-electron chi connectivity index (χ2n) is 13.7. The molecule has 3 N–H and O–H groups in total. The zero-order chi connectivity index (χ0) is 34.3. The van der Waals surface area contributed by atoms with Gasteiger partial charge in [-0.05, 0) is 51.4 Å². The first-order valence-electron chi connectivity index (χ1n) is 20.4. The second kappa shape index (κ2) is 38.8. The van der Waals surface area contributed by atoms with Crippen LogP contribution in [0.15, 0.2) is 48.6 Å². The van der Waals surface area contributed by atoms with Gasteiger partial charge < -0.3 is 15.5 Å². The van der Waals surface area contributed by atoms with Gasteiger partial charge in [0.2, 0.25) is 5.91 Å². The molecule has 47 heavy (non-hydrogen) atoms. The summed E-state index contributed by atoms with van der Waals surface area (Å²) in [4.78, 5) is 12.3. The van der Waals surface area contributed by atoms with E-state index in [1.807, 2.05) is 6.08 Å². The summed E-state index contributed by atoms with van der Waals surface area (Å²) in [6.07, 6.45) is 52.0. The van der Waals surface area contributed by atoms with Gasteiger partial charge in [0, 0.05) is 6.42 Å². The van der Waals surface area contributed by atoms with Crippen molar-refractivity contribution < 1.29 is 15.0 Å². The van der Waals surface area contributed by atoms with Gasteiger partial charge in [0.05, 0.1) is 18.8 Å². The van der Waals surface area contributed by atoms with Crippen LogP contribution in [0, 0.1) is 0 Å². The third kappa shape index (κ3) is 35.5. The number of amides is 1. The maximum Gasteiger partial charge on any atom is 0.220 e. The van der Waals surface area contributed by atoms with Crippen LogP contribution in [0.25, 0.3) is 0 Å². The minimum Gasteiger partial charge on any atom is -0.394 e. The van der Waals surface area contributed by atoms with E-state index in [0.717, 1.165) is 57.8 Å². The lowest BCUT2D eigenvalue weighted by molar-refractivity contribution is -0.123. The first-order chi connectivity index (χ1) is 23.2. The molecule has 274 valence electrons. The van der Waals surface area contributed by atoms with Crippen LogP contribution in [-0.2, 0) is 4.79 Å². The average Bonchev–Trinajstić information content (AvgIpc) is 3.07. The Kier molecular flexibility index (Phi) is 37.4. The average molecular weight is 658 g/mol. The molecule has 0 fully saturated rings. The van der Waals surface area contributed by atoms with Crippen molar-refractivity contribution in [1.82, 2.24) is 5.32 Å². The van der Waals surface area contributed by atoms with Crippen LogP contribution in [0.2, 0.25) is 0 Å². The van der Waals surface area contributed by atoms with E-state index in [1.54, 1.807) is 6.08 Å². The summed E-state index contributed by atoms with van der Waals surface area (Å²) in [5, 5.41) is 23.0. The van der Waals surface area contributed by atoms with Crippen molar-refractivity contribution in [3.05, 3.63) is 48.6 Å². The zero-order valence-corrected chi connectivity index (χ0v) is 31.3. The summed E-state index contributed by atoms with van der Waals surface area (Å²) in [6, 6.07) is -0.627. The minimum absolute atomic E-state index is 0.0756. The van der Waals surface area contributed by atoms with Crippen LogP contribution < -0.4 is 5.32 Å². The molecule has 0 aliphatic rings. The Labute approximate surface area is 293 Å². The quantitative estimate of drug-likeness (QED) is 0.0464. The van der Waals surface area contributed by atoms with Crippen molar-refractivity contribution in [3.8, 4) is 0 Å². The van der Waals surface area contributed by atoms with Crippen LogP contribution in [-0.4, -0.2) is 34.9 Å². The summed E-state index contributed by atoms with van der Waals surface area (Å²) in [6.45, 7) is 4.19. The Morgan fingerprint density at radius 3 is 1.40 bits per heavy atom. The smallest absolute Gasteiger partial charge is 0.220 e. The van der Waals surface area contributed by atoms with Gasteiger partial charge in [-0.3, -0.25) is 4.79 Å². The van der Waals surface area contributed by atoms with Crippen LogP contribution in [0.4, 0.5) is 0 Å². The van der Waals surface area contributed by atoms with E-state index in [9.17, 15) is 15.0 Å². The van der Waals surface area contributed by atoms with Gasteiger partial charge in [-0.15, -0.1) is 0 Å². The Morgan fingerprint density at radius 2 is 0.936 bits per heavy atom. The first kappa shape index (κ1) is 45.3. The molecule has 2 atom stereocenters. The number of rotatable bonds is 36. The zero-order valence-electron chi connectivity index (χ0n) is 31.3. The number of carbonyl (C=O) groups is 1. The minimum atomic E-state index is -0.843. The fourth-order valence-corrected chi connectivity index (χ4v) is 5.96. The van der Waals surface area contributed by atoms with E-state index in [2.05, 4.69) is 55.6 Å². The molecule has 0 aromatic rings. The van der Waals surface area contributed by atoms with Crippen molar-refractivity contribution in [1.29, 1.82) is 0 Å². The molecule has 4 heteroatoms. The summed E-state index contributed by atoms with van der Waals surface area (Å²) < 4.78 is 0. The molecule has 0 bridgehead atoms. The number of allylic oxidation sites excluding steroid dienone is 7. The molecular formula is C43H79NO3. The largest absolute Gasteiger partial charge is 0.394 e. The van der Waals surface area contributed by atoms with Crippen LogP contribution >= 0.6 is 0 Å². The molecule has 0 aromatic carbocycles. The lowest BCUT2D eigenvalue weighted by Gasteiger charge is -2.20. The lowest BCUT2D eigenvalue weighted by atomic mass is 10.0. The van der Waals surface area contributed by atoms with E-state index in [1.165, 1.54) is 122 Å². The second-order valence-corrected chi connectivity index (χ2v) is 13.7. The molecule has 0 aliphatic heterocycles. The van der Waals surface area contributed by atoms with Crippen LogP contribution in [0.1, 0.15) is 200 Å². The highest BCUT2D eigenvalue weighted by molar-refractivity contribution is 5.76. The predicted molar refractivity (Wildman–Crippen MR) is 207 cm³/mol. The third-order valence-electron chi connectivity index (χ3n) is 9.07. The highest BCUT2D eigenvalue weighted by Crippen LogP contribution is 2.15. The topological polar surface area (TPSA) is 69.6 Å². The number of aliphatic hydroxyl groups is 2. The first-order valence-corrected chi connectivity index (χ1v) is 20.4. The van der Waals surface area contributed by atoms with Gasteiger partial charge in [0.1, 0.15) is 0 Å². The number of aliphatic hydroxyl groups excluding tert-OH is 2. The van der Waals surface area contributed by atoms with Gasteiger partial charge in [-0.25, -0.2) is 0 Å². The van der Waals surface area contributed by atoms with Gasteiger partial charge in [-0.1, -0.05) is 191 Å². The summed E-state index contributed by atoms with van der Waals surface area (Å²) in [5.41, 5.74) is 0. The van der Waals surface area contributed by atoms with E-state index >= 15 is 0 Å². The molecule has 0 rings (SSSR count). The van der Waals surface area contributed by atoms with E-state index in [4.69, 9.17) is 0 Å². The van der Waals surface area contributed by atoms with Crippen molar-refractivity contribution in [2.75, 3.05) is 6.61 Å². The summed E-state index contributed by atoms with van der Waals surface area (Å²) in [7, 11) is 0. The van der Waals surface area contributed by atoms with Crippen LogP contribution in [0.3, 0.4) is 0 Å². The highest BCUT2D eigenvalue weighted by atomic mass is 16.3. The van der Waals surface area contributed by atoms with Gasteiger partial charge in [0.25, 0.3) is 0 Å². The van der Waals surface area contributed by atoms with Crippen molar-refractivity contribution in [2.24, 2.45) is 0 Å². The van der Waals surface area contributed by atoms with E-state index < -0.39 is 12.1 Å². The van der Waals surface area contributed by atoms with Gasteiger partial charge in [0.15, 0.2) is 0 Å². The van der Waals surface area contributed by atoms with Gasteiger partial charge in [-0.2, -0.15) is 0 Å². The van der Waals surface area contributed by atoms with E-state index in [0.29, 0.717) is 6.42 Å². The van der Waals surface area contributed by atoms with Crippen molar-refractivity contribution >= 4 is 5.91 Å². The Bertz CT molecular complexity index is 756. The molecule has 0 heterocycles. The number of nitrogens with one attached hydrogen (secondary N) is 1. The third-order valence-corrected chi connectivity index (χ3v) is 9.07. The fourth-order valence-electron chi connectivity index (χ4n) is 5.96. The Balaban J connectivity index is 3.62. The molecule has 0 saturated heterocycles. The maximum absolute atomic E-state index is 12.3. The SMILES string of the molecule is CC/C=C\C/C=C\C/C=C\CCCCCCCCCC(=O)NC(CO)C(O)/C=C/CCCCCCCCCCCCCCCCCC. The normalized spacial score (nSPS) is 13.5. The van der Waals surface area contributed by atoms with Crippen molar-refractivity contribution in [2.45, 2.75) is 212 Å². The fraction of sp³-hybridized carbons (Fsp3) is 0.791. The lowest BCUT2D eigenvalue weighted by Crippen LogP contribution is -2.45. The molecule has 0 aliphatic carbocycles. The maximum atomic E-state index is 12.3. The number of hydrogen-bond donors (Lipinski definition) is 3. The molecule has 0 saturated carbocycles. The van der Waals surface area contributed by atoms with Crippen molar-refractivity contribution in [3.63, 3.8) is 0 Å². The number of hydrogen-bond acceptors (Lipinski definition) is 3. The molecule has 0 spiro atoms. The Hall–Kier alpha value is -1.65. The Morgan fingerprint density at radius 1 is 0.532 bits per heavy atom. The van der Waals surface area contributed by atoms with Gasteiger partial charge >= 0.3 is 0 Å². The molecule has 0 radical (unpaired) electrons. The monoisotopic (exact) mass is 658 g/mol. The molecule has 2 unspecified atom stereocenters. The number of carbonyl (C=O) groups excluding carboxylic acids is 1. The molecule has 4 nitrogen and oxygen atoms in total. The van der Waals surface area contributed by atoms with Crippen LogP contribution in [0.5, 0.6) is 0 Å². The van der Waals surface area contributed by atoms with E-state index in [-0.39, 0.29) is 12.5 Å². The summed E-state index contributed by atoms with van der Waals surface area (Å²) >= 11 is 0. The molecular weight excluding hydrogens is 578 g/mol. The standard InChI is InChI=1S/C43H79NO3/c1-3-5-7-9-11-13-15-17-19-21-23-24-26-28-30-32-34-36-38-42(46)41(40-45)44-43(47)39-37-35-33-31-29-27-25-22-20-18-16-14-12-10-8-6-4-2/h6,8,12,14,18,20,36,38,41-42,45-46H,3-5,7,9-11,13,15-17,19,21-35,37,39-40H2,1-2H3,(H,44,47)/b8-6-,14-12-,20-18-,38-36+. The molecule has 1 amide bonds. The summed E-state index contributed by atoms with van der Waals surface area (Å²) in [5.74, 6) is -0.0756. The highest BCUT2D eigenvalue weighted by Gasteiger charge is 2.17. The predicted octanol–water partition coefficient (Wildman–Crippen LogP) is 12.4. The molecule has 0 aromatic heterocycles. The number of unbranched alkanes of at least 4 members (excludes halogenated alkanes) is 23.